The molecule has 9 heteroatoms. The molecule has 3 aromatic rings. The van der Waals surface area contributed by atoms with Gasteiger partial charge in [0, 0.05) is 61.6 Å². The van der Waals surface area contributed by atoms with Crippen LogP contribution in [-0.4, -0.2) is 59.0 Å². The number of carbonyl (C=O) groups excluding carboxylic acids is 1. The fourth-order valence-electron chi connectivity index (χ4n) is 4.40. The molecule has 2 heterocycles. The lowest BCUT2D eigenvalue weighted by atomic mass is 10.0. The summed E-state index contributed by atoms with van der Waals surface area (Å²) in [5.74, 6) is 2.23. The van der Waals surface area contributed by atoms with Crippen molar-refractivity contribution in [1.29, 1.82) is 0 Å². The second-order valence-electron chi connectivity index (χ2n) is 8.62. The minimum absolute atomic E-state index is 0.0811. The molecule has 1 aliphatic rings. The molecule has 0 unspecified atom stereocenters. The smallest absolute Gasteiger partial charge is 0.270 e. The van der Waals surface area contributed by atoms with Crippen LogP contribution in [0.3, 0.4) is 0 Å². The van der Waals surface area contributed by atoms with Crippen molar-refractivity contribution in [2.45, 2.75) is 26.7 Å². The maximum absolute atomic E-state index is 13.1. The number of anilines is 1. The summed E-state index contributed by atoms with van der Waals surface area (Å²) in [5.41, 5.74) is 3.40. The Morgan fingerprint density at radius 3 is 2.54 bits per heavy atom. The largest absolute Gasteiger partial charge is 0.497 e. The molecule has 1 fully saturated rings. The van der Waals surface area contributed by atoms with E-state index < -0.39 is 4.92 Å². The quantitative estimate of drug-likeness (QED) is 0.393. The fourth-order valence-corrected chi connectivity index (χ4v) is 4.40. The number of ether oxygens (including phenoxy) is 1. The van der Waals surface area contributed by atoms with E-state index in [9.17, 15) is 14.9 Å². The second kappa shape index (κ2) is 10.5. The van der Waals surface area contributed by atoms with Gasteiger partial charge in [-0.1, -0.05) is 18.2 Å². The Balaban J connectivity index is 1.54. The molecule has 0 N–H and O–H groups in total. The first-order valence-electron chi connectivity index (χ1n) is 11.6. The Kier molecular flexibility index (Phi) is 7.24. The van der Waals surface area contributed by atoms with Crippen molar-refractivity contribution in [3.63, 3.8) is 0 Å². The molecule has 1 saturated heterocycles. The lowest BCUT2D eigenvalue weighted by molar-refractivity contribution is -0.384. The number of amides is 1. The van der Waals surface area contributed by atoms with Gasteiger partial charge in [-0.2, -0.15) is 0 Å². The van der Waals surface area contributed by atoms with Gasteiger partial charge in [0.05, 0.1) is 12.0 Å². The highest BCUT2D eigenvalue weighted by Crippen LogP contribution is 2.26. The maximum Gasteiger partial charge on any atom is 0.270 e. The van der Waals surface area contributed by atoms with Crippen molar-refractivity contribution >= 4 is 17.4 Å². The molecule has 182 valence electrons. The van der Waals surface area contributed by atoms with Gasteiger partial charge in [-0.05, 0) is 44.0 Å². The van der Waals surface area contributed by atoms with Crippen molar-refractivity contribution in [2.24, 2.45) is 0 Å². The molecule has 0 spiro atoms. The minimum atomic E-state index is -0.481. The highest BCUT2D eigenvalue weighted by atomic mass is 16.6. The fraction of sp³-hybridized carbons (Fsp3) is 0.346. The van der Waals surface area contributed by atoms with E-state index in [0.29, 0.717) is 37.4 Å². The van der Waals surface area contributed by atoms with Gasteiger partial charge in [0.2, 0.25) is 0 Å². The summed E-state index contributed by atoms with van der Waals surface area (Å²) in [4.78, 5) is 37.1. The number of benzene rings is 2. The average molecular weight is 476 g/mol. The topological polar surface area (TPSA) is 102 Å². The van der Waals surface area contributed by atoms with E-state index in [4.69, 9.17) is 9.72 Å². The number of methoxy groups -OCH3 is 1. The maximum atomic E-state index is 13.1. The average Bonchev–Trinajstić information content (AvgIpc) is 3.12. The first-order chi connectivity index (χ1) is 16.9. The minimum Gasteiger partial charge on any atom is -0.497 e. The Morgan fingerprint density at radius 2 is 1.83 bits per heavy atom. The van der Waals surface area contributed by atoms with Crippen LogP contribution in [-0.2, 0) is 6.42 Å². The SMILES string of the molecule is COc1ccc(Cc2c(C)nc(C)nc2N2CCCN(C(=O)c3cccc([N+](=O)[O-])c3)CC2)cc1. The van der Waals surface area contributed by atoms with Crippen LogP contribution in [0.15, 0.2) is 48.5 Å². The van der Waals surface area contributed by atoms with Crippen LogP contribution < -0.4 is 9.64 Å². The lowest BCUT2D eigenvalue weighted by Crippen LogP contribution is -2.35. The van der Waals surface area contributed by atoms with E-state index in [1.54, 1.807) is 24.1 Å². The monoisotopic (exact) mass is 475 g/mol. The molecule has 1 amide bonds. The van der Waals surface area contributed by atoms with E-state index >= 15 is 0 Å². The van der Waals surface area contributed by atoms with Crippen LogP contribution >= 0.6 is 0 Å². The number of hydrogen-bond donors (Lipinski definition) is 0. The van der Waals surface area contributed by atoms with Crippen molar-refractivity contribution in [3.8, 4) is 5.75 Å². The Bertz CT molecular complexity index is 1230. The van der Waals surface area contributed by atoms with E-state index in [1.165, 1.54) is 12.1 Å². The van der Waals surface area contributed by atoms with Crippen molar-refractivity contribution in [2.75, 3.05) is 38.2 Å². The Morgan fingerprint density at radius 1 is 1.06 bits per heavy atom. The zero-order chi connectivity index (χ0) is 24.9. The molecular formula is C26H29N5O4. The first kappa shape index (κ1) is 24.1. The van der Waals surface area contributed by atoms with E-state index in [0.717, 1.165) is 41.4 Å². The van der Waals surface area contributed by atoms with Crippen molar-refractivity contribution in [1.82, 2.24) is 14.9 Å². The molecule has 9 nitrogen and oxygen atoms in total. The number of rotatable bonds is 6. The zero-order valence-electron chi connectivity index (χ0n) is 20.2. The van der Waals surface area contributed by atoms with Gasteiger partial charge in [-0.15, -0.1) is 0 Å². The van der Waals surface area contributed by atoms with Gasteiger partial charge in [0.1, 0.15) is 17.4 Å². The standard InChI is InChI=1S/C26H29N5O4/c1-18-24(16-20-8-10-23(35-3)11-9-20)25(28-19(2)27-18)29-12-5-13-30(15-14-29)26(32)21-6-4-7-22(17-21)31(33)34/h4,6-11,17H,5,12-16H2,1-3H3. The van der Waals surface area contributed by atoms with Gasteiger partial charge in [-0.3, -0.25) is 14.9 Å². The molecule has 0 radical (unpaired) electrons. The van der Waals surface area contributed by atoms with Crippen LogP contribution in [0.2, 0.25) is 0 Å². The molecule has 0 bridgehead atoms. The Labute approximate surface area is 204 Å². The number of hydrogen-bond acceptors (Lipinski definition) is 7. The second-order valence-corrected chi connectivity index (χ2v) is 8.62. The van der Waals surface area contributed by atoms with Gasteiger partial charge >= 0.3 is 0 Å². The van der Waals surface area contributed by atoms with E-state index in [-0.39, 0.29) is 11.6 Å². The summed E-state index contributed by atoms with van der Waals surface area (Å²) in [7, 11) is 1.65. The van der Waals surface area contributed by atoms with Crippen LogP contribution in [0.25, 0.3) is 0 Å². The molecule has 1 aromatic heterocycles. The predicted molar refractivity (Wildman–Crippen MR) is 133 cm³/mol. The third-order valence-electron chi connectivity index (χ3n) is 6.23. The van der Waals surface area contributed by atoms with Crippen LogP contribution in [0.5, 0.6) is 5.75 Å². The third kappa shape index (κ3) is 5.56. The van der Waals surface area contributed by atoms with E-state index in [1.807, 2.05) is 38.1 Å². The van der Waals surface area contributed by atoms with Gasteiger partial charge < -0.3 is 14.5 Å². The summed E-state index contributed by atoms with van der Waals surface area (Å²) in [6.45, 7) is 6.35. The number of nitro benzene ring substituents is 1. The zero-order valence-corrected chi connectivity index (χ0v) is 20.2. The molecule has 4 rings (SSSR count). The molecular weight excluding hydrogens is 446 g/mol. The van der Waals surface area contributed by atoms with Crippen LogP contribution in [0, 0.1) is 24.0 Å². The molecule has 35 heavy (non-hydrogen) atoms. The number of non-ortho nitro benzene ring substituents is 1. The molecule has 1 aliphatic heterocycles. The summed E-state index contributed by atoms with van der Waals surface area (Å²) >= 11 is 0. The lowest BCUT2D eigenvalue weighted by Gasteiger charge is -2.26. The normalized spacial score (nSPS) is 13.9. The van der Waals surface area contributed by atoms with Crippen molar-refractivity contribution in [3.05, 3.63) is 86.9 Å². The summed E-state index contributed by atoms with van der Waals surface area (Å²) in [6, 6.07) is 13.9. The molecule has 2 aromatic carbocycles. The summed E-state index contributed by atoms with van der Waals surface area (Å²) < 4.78 is 5.27. The molecule has 0 aliphatic carbocycles. The van der Waals surface area contributed by atoms with Gasteiger partial charge in [0.15, 0.2) is 0 Å². The highest BCUT2D eigenvalue weighted by molar-refractivity contribution is 5.94. The number of aromatic nitrogens is 2. The number of nitrogens with zero attached hydrogens (tertiary/aromatic N) is 5. The summed E-state index contributed by atoms with van der Waals surface area (Å²) in [6.07, 6.45) is 1.46. The summed E-state index contributed by atoms with van der Waals surface area (Å²) in [5, 5.41) is 11.1. The third-order valence-corrected chi connectivity index (χ3v) is 6.23. The predicted octanol–water partition coefficient (Wildman–Crippen LogP) is 3.95. The number of nitro groups is 1. The highest BCUT2D eigenvalue weighted by Gasteiger charge is 2.24. The van der Waals surface area contributed by atoms with Gasteiger partial charge in [-0.25, -0.2) is 9.97 Å². The van der Waals surface area contributed by atoms with E-state index in [2.05, 4.69) is 9.88 Å². The Hall–Kier alpha value is -4.01. The van der Waals surface area contributed by atoms with Gasteiger partial charge in [0.25, 0.3) is 11.6 Å². The number of aryl methyl sites for hydroxylation is 2. The van der Waals surface area contributed by atoms with Crippen LogP contribution in [0.4, 0.5) is 11.5 Å². The number of carbonyl (C=O) groups is 1. The molecule has 0 atom stereocenters. The van der Waals surface area contributed by atoms with Crippen molar-refractivity contribution < 1.29 is 14.5 Å². The first-order valence-corrected chi connectivity index (χ1v) is 11.6. The van der Waals surface area contributed by atoms with Crippen LogP contribution in [0.1, 0.15) is 39.4 Å². The molecule has 0 saturated carbocycles.